The number of benzene rings is 1. The Morgan fingerprint density at radius 1 is 1.39 bits per heavy atom. The molecule has 18 heavy (non-hydrogen) atoms. The quantitative estimate of drug-likeness (QED) is 0.861. The molecule has 1 aromatic carbocycles. The SMILES string of the molecule is CCOc1cc(Cl)cc(C(=O)O)c1OCC(C)C. The largest absolute Gasteiger partial charge is 0.490 e. The van der Waals surface area contributed by atoms with Crippen LogP contribution in [0.25, 0.3) is 0 Å². The normalized spacial score (nSPS) is 10.5. The Morgan fingerprint density at radius 2 is 2.06 bits per heavy atom. The molecule has 1 N–H and O–H groups in total. The van der Waals surface area contributed by atoms with Gasteiger partial charge in [-0.2, -0.15) is 0 Å². The molecule has 0 amide bonds. The lowest BCUT2D eigenvalue weighted by Gasteiger charge is -2.16. The fraction of sp³-hybridized carbons (Fsp3) is 0.462. The molecule has 0 aliphatic carbocycles. The molecule has 0 bridgehead atoms. The van der Waals surface area contributed by atoms with Gasteiger partial charge in [0.2, 0.25) is 0 Å². The summed E-state index contributed by atoms with van der Waals surface area (Å²) in [5.41, 5.74) is 0.0200. The third-order valence-corrected chi connectivity index (χ3v) is 2.33. The highest BCUT2D eigenvalue weighted by molar-refractivity contribution is 6.31. The molecule has 5 heteroatoms. The van der Waals surface area contributed by atoms with E-state index in [-0.39, 0.29) is 17.2 Å². The number of rotatable bonds is 6. The van der Waals surface area contributed by atoms with E-state index in [0.717, 1.165) is 0 Å². The summed E-state index contributed by atoms with van der Waals surface area (Å²) in [6, 6.07) is 2.93. The molecule has 0 saturated heterocycles. The number of hydrogen-bond acceptors (Lipinski definition) is 3. The summed E-state index contributed by atoms with van der Waals surface area (Å²) in [7, 11) is 0. The number of carboxylic acid groups (broad SMARTS) is 1. The average molecular weight is 273 g/mol. The lowest BCUT2D eigenvalue weighted by Crippen LogP contribution is -2.10. The summed E-state index contributed by atoms with van der Waals surface area (Å²) in [4.78, 5) is 11.2. The van der Waals surface area contributed by atoms with E-state index in [2.05, 4.69) is 0 Å². The van der Waals surface area contributed by atoms with Crippen molar-refractivity contribution in [3.8, 4) is 11.5 Å². The monoisotopic (exact) mass is 272 g/mol. The second-order valence-electron chi connectivity index (χ2n) is 4.22. The van der Waals surface area contributed by atoms with Crippen LogP contribution in [-0.4, -0.2) is 24.3 Å². The van der Waals surface area contributed by atoms with E-state index in [1.807, 2.05) is 20.8 Å². The molecule has 0 atom stereocenters. The van der Waals surface area contributed by atoms with Crippen molar-refractivity contribution in [2.75, 3.05) is 13.2 Å². The van der Waals surface area contributed by atoms with Crippen LogP contribution in [0.5, 0.6) is 11.5 Å². The molecule has 100 valence electrons. The van der Waals surface area contributed by atoms with Crippen molar-refractivity contribution in [1.29, 1.82) is 0 Å². The fourth-order valence-electron chi connectivity index (χ4n) is 1.39. The van der Waals surface area contributed by atoms with E-state index in [4.69, 9.17) is 26.2 Å². The van der Waals surface area contributed by atoms with Gasteiger partial charge in [0.05, 0.1) is 13.2 Å². The summed E-state index contributed by atoms with van der Waals surface area (Å²) in [6.07, 6.45) is 0. The standard InChI is InChI=1S/C13H17ClO4/c1-4-17-11-6-9(14)5-10(13(15)16)12(11)18-7-8(2)3/h5-6,8H,4,7H2,1-3H3,(H,15,16). The van der Waals surface area contributed by atoms with Crippen LogP contribution < -0.4 is 9.47 Å². The summed E-state index contributed by atoms with van der Waals surface area (Å²) < 4.78 is 10.9. The molecule has 0 heterocycles. The van der Waals surface area contributed by atoms with Gasteiger partial charge in [-0.3, -0.25) is 0 Å². The molecular weight excluding hydrogens is 256 g/mol. The molecule has 0 spiro atoms. The van der Waals surface area contributed by atoms with Gasteiger partial charge in [0.25, 0.3) is 0 Å². The summed E-state index contributed by atoms with van der Waals surface area (Å²) in [5.74, 6) is -0.195. The smallest absolute Gasteiger partial charge is 0.339 e. The maximum atomic E-state index is 11.2. The second-order valence-corrected chi connectivity index (χ2v) is 4.66. The molecule has 1 rings (SSSR count). The molecule has 0 aromatic heterocycles. The zero-order chi connectivity index (χ0) is 13.7. The first-order chi connectivity index (χ1) is 8.45. The van der Waals surface area contributed by atoms with Crippen LogP contribution in [0.15, 0.2) is 12.1 Å². The fourth-order valence-corrected chi connectivity index (χ4v) is 1.60. The van der Waals surface area contributed by atoms with Gasteiger partial charge in [0.15, 0.2) is 11.5 Å². The van der Waals surface area contributed by atoms with E-state index in [0.29, 0.717) is 24.0 Å². The van der Waals surface area contributed by atoms with Crippen LogP contribution in [0.3, 0.4) is 0 Å². The number of carbonyl (C=O) groups is 1. The number of ether oxygens (including phenoxy) is 2. The van der Waals surface area contributed by atoms with Crippen LogP contribution in [0.4, 0.5) is 0 Å². The highest BCUT2D eigenvalue weighted by Gasteiger charge is 2.18. The van der Waals surface area contributed by atoms with Crippen molar-refractivity contribution in [2.45, 2.75) is 20.8 Å². The zero-order valence-electron chi connectivity index (χ0n) is 10.7. The van der Waals surface area contributed by atoms with Crippen LogP contribution in [0.1, 0.15) is 31.1 Å². The number of hydrogen-bond donors (Lipinski definition) is 1. The molecular formula is C13H17ClO4. The Kier molecular flexibility index (Phi) is 5.28. The van der Waals surface area contributed by atoms with Crippen molar-refractivity contribution < 1.29 is 19.4 Å². The topological polar surface area (TPSA) is 55.8 Å². The van der Waals surface area contributed by atoms with E-state index >= 15 is 0 Å². The third-order valence-electron chi connectivity index (χ3n) is 2.11. The molecule has 4 nitrogen and oxygen atoms in total. The Labute approximate surface area is 111 Å². The van der Waals surface area contributed by atoms with Gasteiger partial charge in [-0.15, -0.1) is 0 Å². The van der Waals surface area contributed by atoms with Gasteiger partial charge in [-0.25, -0.2) is 4.79 Å². The van der Waals surface area contributed by atoms with Crippen molar-refractivity contribution in [3.63, 3.8) is 0 Å². The molecule has 0 radical (unpaired) electrons. The van der Waals surface area contributed by atoms with Crippen LogP contribution in [0, 0.1) is 5.92 Å². The Balaban J connectivity index is 3.17. The first-order valence-electron chi connectivity index (χ1n) is 5.78. The molecule has 0 fully saturated rings. The Bertz CT molecular complexity index is 429. The predicted octanol–water partition coefficient (Wildman–Crippen LogP) is 3.47. The zero-order valence-corrected chi connectivity index (χ0v) is 11.5. The van der Waals surface area contributed by atoms with E-state index < -0.39 is 5.97 Å². The molecule has 0 unspecified atom stereocenters. The maximum absolute atomic E-state index is 11.2. The minimum atomic E-state index is -1.09. The van der Waals surface area contributed by atoms with E-state index in [9.17, 15) is 4.79 Å². The van der Waals surface area contributed by atoms with Crippen molar-refractivity contribution in [3.05, 3.63) is 22.7 Å². The second kappa shape index (κ2) is 6.50. The van der Waals surface area contributed by atoms with Gasteiger partial charge >= 0.3 is 5.97 Å². The number of carboxylic acids is 1. The molecule has 0 saturated carbocycles. The average Bonchev–Trinajstić information content (AvgIpc) is 2.27. The van der Waals surface area contributed by atoms with Crippen LogP contribution in [-0.2, 0) is 0 Å². The molecule has 0 aliphatic rings. The van der Waals surface area contributed by atoms with Gasteiger partial charge in [0, 0.05) is 11.1 Å². The lowest BCUT2D eigenvalue weighted by atomic mass is 10.1. The molecule has 1 aromatic rings. The Hall–Kier alpha value is -1.42. The van der Waals surface area contributed by atoms with Crippen molar-refractivity contribution >= 4 is 17.6 Å². The van der Waals surface area contributed by atoms with E-state index in [1.54, 1.807) is 6.07 Å². The minimum Gasteiger partial charge on any atom is -0.490 e. The minimum absolute atomic E-state index is 0.0200. The first kappa shape index (κ1) is 14.6. The highest BCUT2D eigenvalue weighted by Crippen LogP contribution is 2.35. The maximum Gasteiger partial charge on any atom is 0.339 e. The van der Waals surface area contributed by atoms with Gasteiger partial charge < -0.3 is 14.6 Å². The molecule has 0 aliphatic heterocycles. The third kappa shape index (κ3) is 3.81. The Morgan fingerprint density at radius 3 is 2.56 bits per heavy atom. The van der Waals surface area contributed by atoms with Crippen LogP contribution in [0.2, 0.25) is 5.02 Å². The highest BCUT2D eigenvalue weighted by atomic mass is 35.5. The van der Waals surface area contributed by atoms with Gasteiger partial charge in [-0.05, 0) is 18.9 Å². The van der Waals surface area contributed by atoms with Gasteiger partial charge in [0.1, 0.15) is 5.56 Å². The number of halogens is 1. The summed E-state index contributed by atoms with van der Waals surface area (Å²) in [6.45, 7) is 6.61. The lowest BCUT2D eigenvalue weighted by molar-refractivity contribution is 0.0690. The predicted molar refractivity (Wildman–Crippen MR) is 69.9 cm³/mol. The summed E-state index contributed by atoms with van der Waals surface area (Å²) >= 11 is 5.87. The number of aromatic carboxylic acids is 1. The van der Waals surface area contributed by atoms with Crippen LogP contribution >= 0.6 is 11.6 Å². The summed E-state index contributed by atoms with van der Waals surface area (Å²) in [5, 5.41) is 9.47. The van der Waals surface area contributed by atoms with Gasteiger partial charge in [-0.1, -0.05) is 25.4 Å². The first-order valence-corrected chi connectivity index (χ1v) is 6.16. The van der Waals surface area contributed by atoms with Crippen molar-refractivity contribution in [1.82, 2.24) is 0 Å². The van der Waals surface area contributed by atoms with Crippen molar-refractivity contribution in [2.24, 2.45) is 5.92 Å². The van der Waals surface area contributed by atoms with E-state index in [1.165, 1.54) is 6.07 Å².